The Morgan fingerprint density at radius 3 is 2.29 bits per heavy atom. The van der Waals surface area contributed by atoms with Crippen molar-refractivity contribution in [2.45, 2.75) is 29.0 Å². The number of methoxy groups -OCH3 is 1. The second-order valence-electron chi connectivity index (χ2n) is 7.26. The SMILES string of the molecule is COc1ccc(N2C(=O)CC[C@H](Sc3ccc([N+](=O)[O-])cc3)[C@H]2c2ccccc2)cc1. The topological polar surface area (TPSA) is 72.7 Å². The van der Waals surface area contributed by atoms with Crippen LogP contribution in [0.25, 0.3) is 0 Å². The summed E-state index contributed by atoms with van der Waals surface area (Å²) < 4.78 is 5.27. The largest absolute Gasteiger partial charge is 0.497 e. The van der Waals surface area contributed by atoms with E-state index >= 15 is 0 Å². The molecule has 0 radical (unpaired) electrons. The number of carbonyl (C=O) groups excluding carboxylic acids is 1. The minimum atomic E-state index is -0.397. The van der Waals surface area contributed by atoms with Gasteiger partial charge in [-0.3, -0.25) is 14.9 Å². The summed E-state index contributed by atoms with van der Waals surface area (Å²) in [5.41, 5.74) is 1.96. The molecule has 0 aromatic heterocycles. The van der Waals surface area contributed by atoms with E-state index in [9.17, 15) is 14.9 Å². The molecule has 3 aromatic carbocycles. The van der Waals surface area contributed by atoms with Crippen molar-refractivity contribution in [2.24, 2.45) is 0 Å². The Hall–Kier alpha value is -3.32. The molecule has 0 aliphatic carbocycles. The van der Waals surface area contributed by atoms with Crippen molar-refractivity contribution in [3.63, 3.8) is 0 Å². The van der Waals surface area contributed by atoms with Gasteiger partial charge in [0.15, 0.2) is 0 Å². The zero-order valence-electron chi connectivity index (χ0n) is 17.0. The summed E-state index contributed by atoms with van der Waals surface area (Å²) in [6.45, 7) is 0. The third-order valence-electron chi connectivity index (χ3n) is 5.37. The average Bonchev–Trinajstić information content (AvgIpc) is 2.81. The van der Waals surface area contributed by atoms with Gasteiger partial charge < -0.3 is 9.64 Å². The summed E-state index contributed by atoms with van der Waals surface area (Å²) in [6.07, 6.45) is 1.17. The Kier molecular flexibility index (Phi) is 6.23. The molecule has 1 aliphatic rings. The van der Waals surface area contributed by atoms with Gasteiger partial charge in [-0.1, -0.05) is 30.3 Å². The van der Waals surface area contributed by atoms with Crippen molar-refractivity contribution in [1.29, 1.82) is 0 Å². The van der Waals surface area contributed by atoms with E-state index < -0.39 is 4.92 Å². The lowest BCUT2D eigenvalue weighted by Gasteiger charge is -2.41. The molecular formula is C24H22N2O4S. The standard InChI is InChI=1S/C24H22N2O4S/c1-30-20-11-7-18(8-12-20)25-23(27)16-15-22(24(25)17-5-3-2-4-6-17)31-21-13-9-19(10-14-21)26(28)29/h2-14,22,24H,15-16H2,1H3/t22-,24+/m0/s1. The zero-order chi connectivity index (χ0) is 21.8. The summed E-state index contributed by atoms with van der Waals surface area (Å²) in [7, 11) is 1.62. The highest BCUT2D eigenvalue weighted by molar-refractivity contribution is 8.00. The summed E-state index contributed by atoms with van der Waals surface area (Å²) >= 11 is 1.65. The van der Waals surface area contributed by atoms with E-state index in [1.807, 2.05) is 59.5 Å². The maximum Gasteiger partial charge on any atom is 0.269 e. The van der Waals surface area contributed by atoms with Gasteiger partial charge in [0.2, 0.25) is 5.91 Å². The lowest BCUT2D eigenvalue weighted by molar-refractivity contribution is -0.384. The molecule has 1 amide bonds. The van der Waals surface area contributed by atoms with E-state index in [1.165, 1.54) is 12.1 Å². The molecule has 158 valence electrons. The fourth-order valence-corrected chi connectivity index (χ4v) is 5.16. The highest BCUT2D eigenvalue weighted by atomic mass is 32.2. The van der Waals surface area contributed by atoms with Crippen LogP contribution >= 0.6 is 11.8 Å². The van der Waals surface area contributed by atoms with Crippen LogP contribution in [0.1, 0.15) is 24.4 Å². The number of hydrogen-bond acceptors (Lipinski definition) is 5. The molecule has 2 atom stereocenters. The normalized spacial score (nSPS) is 18.6. The van der Waals surface area contributed by atoms with E-state index in [2.05, 4.69) is 0 Å². The van der Waals surface area contributed by atoms with Crippen molar-refractivity contribution in [1.82, 2.24) is 0 Å². The number of ether oxygens (including phenoxy) is 1. The Bertz CT molecular complexity index is 1060. The molecule has 1 heterocycles. The molecule has 3 aromatic rings. The number of amides is 1. The molecule has 0 spiro atoms. The Morgan fingerprint density at radius 1 is 1.00 bits per heavy atom. The molecular weight excluding hydrogens is 412 g/mol. The maximum atomic E-state index is 13.1. The van der Waals surface area contributed by atoms with E-state index in [-0.39, 0.29) is 22.9 Å². The number of benzene rings is 3. The first-order chi connectivity index (χ1) is 15.1. The molecule has 7 heteroatoms. The number of carbonyl (C=O) groups is 1. The summed E-state index contributed by atoms with van der Waals surface area (Å²) in [4.78, 5) is 26.5. The van der Waals surface area contributed by atoms with Gasteiger partial charge in [0.1, 0.15) is 5.75 Å². The van der Waals surface area contributed by atoms with Crippen LogP contribution in [-0.2, 0) is 4.79 Å². The molecule has 0 N–H and O–H groups in total. The van der Waals surface area contributed by atoms with Crippen LogP contribution in [0.4, 0.5) is 11.4 Å². The first-order valence-electron chi connectivity index (χ1n) is 9.99. The first-order valence-corrected chi connectivity index (χ1v) is 10.9. The van der Waals surface area contributed by atoms with E-state index in [4.69, 9.17) is 4.74 Å². The number of rotatable bonds is 6. The van der Waals surface area contributed by atoms with Crippen LogP contribution in [0, 0.1) is 10.1 Å². The van der Waals surface area contributed by atoms with Gasteiger partial charge in [0.05, 0.1) is 18.1 Å². The minimum Gasteiger partial charge on any atom is -0.497 e. The zero-order valence-corrected chi connectivity index (χ0v) is 17.8. The number of nitrogens with zero attached hydrogens (tertiary/aromatic N) is 2. The monoisotopic (exact) mass is 434 g/mol. The molecule has 1 saturated heterocycles. The number of nitro groups is 1. The van der Waals surface area contributed by atoms with Crippen molar-refractivity contribution in [3.8, 4) is 5.75 Å². The van der Waals surface area contributed by atoms with Gasteiger partial charge in [0.25, 0.3) is 5.69 Å². The second-order valence-corrected chi connectivity index (χ2v) is 8.58. The van der Waals surface area contributed by atoms with Crippen LogP contribution in [0.3, 0.4) is 0 Å². The van der Waals surface area contributed by atoms with Gasteiger partial charge in [-0.15, -0.1) is 11.8 Å². The summed E-state index contributed by atoms with van der Waals surface area (Å²) in [6, 6.07) is 24.0. The van der Waals surface area contributed by atoms with E-state index in [0.29, 0.717) is 6.42 Å². The van der Waals surface area contributed by atoms with Gasteiger partial charge in [-0.2, -0.15) is 0 Å². The number of anilines is 1. The number of non-ortho nitro benzene ring substituents is 1. The highest BCUT2D eigenvalue weighted by Crippen LogP contribution is 2.44. The van der Waals surface area contributed by atoms with Crippen LogP contribution in [0.15, 0.2) is 83.8 Å². The highest BCUT2D eigenvalue weighted by Gasteiger charge is 2.38. The third kappa shape index (κ3) is 4.56. The third-order valence-corrected chi connectivity index (χ3v) is 6.71. The molecule has 0 saturated carbocycles. The number of piperidine rings is 1. The Morgan fingerprint density at radius 2 is 1.68 bits per heavy atom. The molecule has 0 unspecified atom stereocenters. The fourth-order valence-electron chi connectivity index (χ4n) is 3.87. The van der Waals surface area contributed by atoms with Crippen molar-refractivity contribution in [3.05, 3.63) is 94.5 Å². The smallest absolute Gasteiger partial charge is 0.269 e. The predicted molar refractivity (Wildman–Crippen MR) is 122 cm³/mol. The predicted octanol–water partition coefficient (Wildman–Crippen LogP) is 5.63. The first kappa shape index (κ1) is 20.9. The molecule has 6 nitrogen and oxygen atoms in total. The quantitative estimate of drug-likeness (QED) is 0.371. The van der Waals surface area contributed by atoms with Crippen LogP contribution in [-0.4, -0.2) is 23.2 Å². The van der Waals surface area contributed by atoms with Crippen LogP contribution in [0.5, 0.6) is 5.75 Å². The van der Waals surface area contributed by atoms with Crippen molar-refractivity contribution >= 4 is 29.0 Å². The fraction of sp³-hybridized carbons (Fsp3) is 0.208. The molecule has 0 bridgehead atoms. The number of hydrogen-bond donors (Lipinski definition) is 0. The lowest BCUT2D eigenvalue weighted by atomic mass is 9.93. The summed E-state index contributed by atoms with van der Waals surface area (Å²) in [5, 5.41) is 11.1. The Balaban J connectivity index is 1.69. The number of nitro benzene ring substituents is 1. The van der Waals surface area contributed by atoms with Gasteiger partial charge in [-0.05, 0) is 48.4 Å². The van der Waals surface area contributed by atoms with Gasteiger partial charge in [0, 0.05) is 34.4 Å². The van der Waals surface area contributed by atoms with E-state index in [1.54, 1.807) is 31.0 Å². The summed E-state index contributed by atoms with van der Waals surface area (Å²) in [5.74, 6) is 0.820. The Labute approximate surface area is 185 Å². The molecule has 1 aliphatic heterocycles. The molecule has 31 heavy (non-hydrogen) atoms. The van der Waals surface area contributed by atoms with Gasteiger partial charge in [-0.25, -0.2) is 0 Å². The molecule has 1 fully saturated rings. The number of thioether (sulfide) groups is 1. The van der Waals surface area contributed by atoms with Crippen molar-refractivity contribution in [2.75, 3.05) is 12.0 Å². The van der Waals surface area contributed by atoms with Crippen LogP contribution in [0.2, 0.25) is 0 Å². The lowest BCUT2D eigenvalue weighted by Crippen LogP contribution is -2.44. The van der Waals surface area contributed by atoms with Crippen LogP contribution < -0.4 is 9.64 Å². The van der Waals surface area contributed by atoms with Crippen molar-refractivity contribution < 1.29 is 14.5 Å². The van der Waals surface area contributed by atoms with E-state index in [0.717, 1.165) is 28.3 Å². The molecule has 4 rings (SSSR count). The second kappa shape index (κ2) is 9.22. The van der Waals surface area contributed by atoms with Gasteiger partial charge >= 0.3 is 0 Å². The average molecular weight is 435 g/mol. The minimum absolute atomic E-state index is 0.0719. The maximum absolute atomic E-state index is 13.1.